The summed E-state index contributed by atoms with van der Waals surface area (Å²) >= 11 is 0. The van der Waals surface area contributed by atoms with Crippen LogP contribution in [0.5, 0.6) is 0 Å². The molecule has 10 heteroatoms. The molecule has 3 saturated heterocycles. The van der Waals surface area contributed by atoms with Crippen molar-refractivity contribution in [1.82, 2.24) is 0 Å². The Kier molecular flexibility index (Phi) is 8.37. The maximum absolute atomic E-state index is 9.36. The summed E-state index contributed by atoms with van der Waals surface area (Å²) in [4.78, 5) is 0. The molecule has 10 nitrogen and oxygen atoms in total. The van der Waals surface area contributed by atoms with Crippen molar-refractivity contribution in [2.45, 2.75) is 68.8 Å². The highest BCUT2D eigenvalue weighted by molar-refractivity contribution is 4.94. The quantitative estimate of drug-likeness (QED) is 0.594. The lowest BCUT2D eigenvalue weighted by atomic mass is 10.1. The zero-order valence-corrected chi connectivity index (χ0v) is 16.7. The summed E-state index contributed by atoms with van der Waals surface area (Å²) in [6.07, 6.45) is -3.93. The van der Waals surface area contributed by atoms with Gasteiger partial charge in [0, 0.05) is 28.4 Å². The summed E-state index contributed by atoms with van der Waals surface area (Å²) in [5.74, 6) is -0.568. The van der Waals surface area contributed by atoms with Gasteiger partial charge in [0.15, 0.2) is 18.4 Å². The number of hydrogen-bond donors (Lipinski definition) is 2. The second-order valence-corrected chi connectivity index (χ2v) is 7.01. The van der Waals surface area contributed by atoms with Crippen LogP contribution in [0.15, 0.2) is 0 Å². The van der Waals surface area contributed by atoms with Gasteiger partial charge in [-0.1, -0.05) is 0 Å². The fourth-order valence-electron chi connectivity index (χ4n) is 3.34. The van der Waals surface area contributed by atoms with Crippen molar-refractivity contribution in [2.24, 2.45) is 0 Å². The number of ether oxygens (including phenoxy) is 8. The summed E-state index contributed by atoms with van der Waals surface area (Å²) in [6.45, 7) is 4.52. The van der Waals surface area contributed by atoms with Crippen LogP contribution in [0.4, 0.5) is 0 Å². The van der Waals surface area contributed by atoms with Gasteiger partial charge >= 0.3 is 0 Å². The van der Waals surface area contributed by atoms with Crippen LogP contribution in [0.1, 0.15) is 13.8 Å². The van der Waals surface area contributed by atoms with Crippen LogP contribution < -0.4 is 0 Å². The minimum absolute atomic E-state index is 0.107. The number of hydrogen-bond acceptors (Lipinski definition) is 10. The monoisotopic (exact) mass is 396 g/mol. The molecule has 0 bridgehead atoms. The van der Waals surface area contributed by atoms with Gasteiger partial charge in [0.1, 0.15) is 36.6 Å². The van der Waals surface area contributed by atoms with Crippen LogP contribution in [0, 0.1) is 0 Å². The van der Waals surface area contributed by atoms with E-state index in [1.54, 1.807) is 14.2 Å². The molecule has 3 heterocycles. The van der Waals surface area contributed by atoms with Gasteiger partial charge in [-0.2, -0.15) is 0 Å². The lowest BCUT2D eigenvalue weighted by molar-refractivity contribution is -0.231. The van der Waals surface area contributed by atoms with Crippen molar-refractivity contribution in [3.05, 3.63) is 0 Å². The highest BCUT2D eigenvalue weighted by Gasteiger charge is 2.55. The second-order valence-electron chi connectivity index (χ2n) is 7.01. The third-order valence-electron chi connectivity index (χ3n) is 4.55. The lowest BCUT2D eigenvalue weighted by Gasteiger charge is -2.23. The summed E-state index contributed by atoms with van der Waals surface area (Å²) < 4.78 is 42.1. The minimum atomic E-state index is -0.991. The SMILES string of the molecule is COC[C@H]1OC(OC)[C@H](O)[C@@H]1O.COC[C@H]1O[C@@H](OC)[C@@H]2OC(C)(C)O[C@@H]21. The summed E-state index contributed by atoms with van der Waals surface area (Å²) in [5.41, 5.74) is 0. The van der Waals surface area contributed by atoms with Gasteiger partial charge in [-0.25, -0.2) is 0 Å². The Morgan fingerprint density at radius 3 is 1.78 bits per heavy atom. The van der Waals surface area contributed by atoms with Crippen molar-refractivity contribution >= 4 is 0 Å². The number of aliphatic hydroxyl groups excluding tert-OH is 2. The summed E-state index contributed by atoms with van der Waals surface area (Å²) in [7, 11) is 6.16. The van der Waals surface area contributed by atoms with E-state index in [1.165, 1.54) is 14.2 Å². The average Bonchev–Trinajstić information content (AvgIpc) is 3.20. The van der Waals surface area contributed by atoms with Crippen molar-refractivity contribution in [3.63, 3.8) is 0 Å². The first-order valence-corrected chi connectivity index (χ1v) is 8.84. The van der Waals surface area contributed by atoms with Crippen LogP contribution in [0.3, 0.4) is 0 Å². The van der Waals surface area contributed by atoms with Crippen molar-refractivity contribution in [3.8, 4) is 0 Å². The molecule has 0 aromatic carbocycles. The maximum Gasteiger partial charge on any atom is 0.186 e. The van der Waals surface area contributed by atoms with Crippen molar-refractivity contribution in [1.29, 1.82) is 0 Å². The fraction of sp³-hybridized carbons (Fsp3) is 1.00. The molecule has 3 aliphatic heterocycles. The van der Waals surface area contributed by atoms with Gasteiger partial charge in [0.25, 0.3) is 0 Å². The van der Waals surface area contributed by atoms with Crippen LogP contribution >= 0.6 is 0 Å². The van der Waals surface area contributed by atoms with E-state index in [0.29, 0.717) is 6.61 Å². The molecular formula is C17H32O10. The van der Waals surface area contributed by atoms with E-state index in [1.807, 2.05) is 13.8 Å². The third kappa shape index (κ3) is 5.36. The molecule has 0 aromatic rings. The highest BCUT2D eigenvalue weighted by atomic mass is 16.8. The van der Waals surface area contributed by atoms with E-state index in [4.69, 9.17) is 37.9 Å². The standard InChI is InChI=1S/C10H18O5.C7H14O5/c1-10(2)14-7-6(5-11-3)13-9(12-4)8(7)15-10;1-10-3-4-5(8)6(9)7(11-2)12-4/h6-9H,5H2,1-4H3;4-9H,3H2,1-2H3/t6-,7-,8-,9-;4-,5-,6-,7?/m11/s1. The molecule has 27 heavy (non-hydrogen) atoms. The first kappa shape index (κ1) is 22.9. The number of rotatable bonds is 6. The number of fused-ring (bicyclic) bond motifs is 1. The molecule has 0 radical (unpaired) electrons. The molecule has 3 rings (SSSR count). The Balaban J connectivity index is 0.000000199. The third-order valence-corrected chi connectivity index (χ3v) is 4.55. The van der Waals surface area contributed by atoms with E-state index in [0.717, 1.165) is 0 Å². The fourth-order valence-corrected chi connectivity index (χ4v) is 3.34. The molecule has 2 N–H and O–H groups in total. The van der Waals surface area contributed by atoms with Crippen LogP contribution in [-0.2, 0) is 37.9 Å². The van der Waals surface area contributed by atoms with E-state index in [-0.39, 0.29) is 31.2 Å². The van der Waals surface area contributed by atoms with Crippen LogP contribution in [0.2, 0.25) is 0 Å². The normalized spacial score (nSPS) is 42.7. The van der Waals surface area contributed by atoms with Gasteiger partial charge in [-0.15, -0.1) is 0 Å². The Labute approximate surface area is 159 Å². The molecule has 3 fully saturated rings. The second kappa shape index (κ2) is 9.88. The first-order valence-electron chi connectivity index (χ1n) is 8.84. The smallest absolute Gasteiger partial charge is 0.186 e. The lowest BCUT2D eigenvalue weighted by Crippen LogP contribution is -2.34. The molecule has 8 atom stereocenters. The number of methoxy groups -OCH3 is 4. The molecule has 3 aliphatic rings. The zero-order valence-electron chi connectivity index (χ0n) is 16.7. The molecular weight excluding hydrogens is 364 g/mol. The Morgan fingerprint density at radius 2 is 1.26 bits per heavy atom. The summed E-state index contributed by atoms with van der Waals surface area (Å²) in [6, 6.07) is 0. The average molecular weight is 396 g/mol. The topological polar surface area (TPSA) is 114 Å². The molecule has 0 amide bonds. The number of aliphatic hydroxyl groups is 2. The molecule has 0 aromatic heterocycles. The first-order chi connectivity index (χ1) is 12.8. The maximum atomic E-state index is 9.36. The van der Waals surface area contributed by atoms with E-state index in [9.17, 15) is 10.2 Å². The predicted molar refractivity (Wildman–Crippen MR) is 90.9 cm³/mol. The predicted octanol–water partition coefficient (Wildman–Crippen LogP) is -0.750. The van der Waals surface area contributed by atoms with Crippen molar-refractivity contribution in [2.75, 3.05) is 41.7 Å². The van der Waals surface area contributed by atoms with Gasteiger partial charge in [0.2, 0.25) is 0 Å². The Morgan fingerprint density at radius 1 is 0.741 bits per heavy atom. The Hall–Kier alpha value is -0.400. The van der Waals surface area contributed by atoms with Crippen LogP contribution in [0.25, 0.3) is 0 Å². The van der Waals surface area contributed by atoms with E-state index < -0.39 is 30.4 Å². The minimum Gasteiger partial charge on any atom is -0.387 e. The van der Waals surface area contributed by atoms with E-state index in [2.05, 4.69) is 0 Å². The van der Waals surface area contributed by atoms with Gasteiger partial charge in [-0.3, -0.25) is 0 Å². The van der Waals surface area contributed by atoms with E-state index >= 15 is 0 Å². The molecule has 0 spiro atoms. The van der Waals surface area contributed by atoms with Crippen molar-refractivity contribution < 1.29 is 48.1 Å². The summed E-state index contributed by atoms with van der Waals surface area (Å²) in [5, 5.41) is 18.7. The Bertz CT molecular complexity index is 447. The highest BCUT2D eigenvalue weighted by Crippen LogP contribution is 2.38. The largest absolute Gasteiger partial charge is 0.387 e. The van der Waals surface area contributed by atoms with Gasteiger partial charge in [-0.05, 0) is 13.8 Å². The molecule has 0 aliphatic carbocycles. The zero-order chi connectivity index (χ0) is 20.2. The molecule has 0 saturated carbocycles. The van der Waals surface area contributed by atoms with Gasteiger partial charge < -0.3 is 48.1 Å². The van der Waals surface area contributed by atoms with Gasteiger partial charge in [0.05, 0.1) is 13.2 Å². The molecule has 160 valence electrons. The molecule has 1 unspecified atom stereocenters. The van der Waals surface area contributed by atoms with Crippen LogP contribution in [-0.4, -0.2) is 107 Å².